The van der Waals surface area contributed by atoms with E-state index in [2.05, 4.69) is 30.8 Å². The molecule has 1 heterocycles. The van der Waals surface area contributed by atoms with Crippen molar-refractivity contribution in [3.63, 3.8) is 0 Å². The van der Waals surface area contributed by atoms with Crippen molar-refractivity contribution in [3.05, 3.63) is 0 Å². The van der Waals surface area contributed by atoms with Crippen LogP contribution >= 0.6 is 0 Å². The fraction of sp³-hybridized carbons (Fsp3) is 1.00. The van der Waals surface area contributed by atoms with Gasteiger partial charge in [0.2, 0.25) is 0 Å². The van der Waals surface area contributed by atoms with Crippen LogP contribution < -0.4 is 10.0 Å². The molecule has 0 amide bonds. The highest BCUT2D eigenvalue weighted by atomic mass is 32.2. The molecule has 0 bridgehead atoms. The first-order chi connectivity index (χ1) is 9.44. The first kappa shape index (κ1) is 17.9. The summed E-state index contributed by atoms with van der Waals surface area (Å²) in [6, 6.07) is 0.0783. The molecule has 1 saturated heterocycles. The van der Waals surface area contributed by atoms with Gasteiger partial charge in [0.25, 0.3) is 10.2 Å². The lowest BCUT2D eigenvalue weighted by Crippen LogP contribution is -2.57. The van der Waals surface area contributed by atoms with Crippen molar-refractivity contribution in [3.8, 4) is 0 Å². The second kappa shape index (κ2) is 7.73. The fourth-order valence-corrected chi connectivity index (χ4v) is 5.07. The van der Waals surface area contributed by atoms with Crippen molar-refractivity contribution in [2.75, 3.05) is 20.1 Å². The maximum Gasteiger partial charge on any atom is 0.280 e. The number of nitrogens with one attached hydrogen (secondary N) is 2. The SMILES string of the molecule is CCC(CC)(CC)NS(=O)(=O)N1CCCCC1CNC. The predicted octanol–water partition coefficient (Wildman–Crippen LogP) is 1.86. The fourth-order valence-electron chi connectivity index (χ4n) is 3.03. The van der Waals surface area contributed by atoms with Crippen molar-refractivity contribution in [1.29, 1.82) is 0 Å². The Labute approximate surface area is 124 Å². The highest BCUT2D eigenvalue weighted by Crippen LogP contribution is 2.25. The standard InChI is InChI=1S/C14H31N3O2S/c1-5-14(6-2,7-3)16-20(18,19)17-11-9-8-10-13(17)12-15-4/h13,15-16H,5-12H2,1-4H3. The highest BCUT2D eigenvalue weighted by molar-refractivity contribution is 7.87. The van der Waals surface area contributed by atoms with E-state index in [0.29, 0.717) is 6.54 Å². The molecule has 0 radical (unpaired) electrons. The van der Waals surface area contributed by atoms with Crippen LogP contribution in [0.1, 0.15) is 59.3 Å². The van der Waals surface area contributed by atoms with E-state index >= 15 is 0 Å². The Hall–Kier alpha value is -0.170. The van der Waals surface area contributed by atoms with E-state index in [9.17, 15) is 8.42 Å². The molecule has 5 nitrogen and oxygen atoms in total. The summed E-state index contributed by atoms with van der Waals surface area (Å²) in [4.78, 5) is 0. The smallest absolute Gasteiger partial charge is 0.280 e. The summed E-state index contributed by atoms with van der Waals surface area (Å²) in [6.45, 7) is 7.51. The average molecular weight is 305 g/mol. The van der Waals surface area contributed by atoms with Gasteiger partial charge in [-0.1, -0.05) is 27.2 Å². The van der Waals surface area contributed by atoms with Gasteiger partial charge in [-0.25, -0.2) is 0 Å². The molecule has 6 heteroatoms. The van der Waals surface area contributed by atoms with Crippen LogP contribution in [0.15, 0.2) is 0 Å². The molecule has 0 aromatic heterocycles. The van der Waals surface area contributed by atoms with Gasteiger partial charge >= 0.3 is 0 Å². The average Bonchev–Trinajstić information content (AvgIpc) is 2.46. The summed E-state index contributed by atoms with van der Waals surface area (Å²) in [7, 11) is -1.53. The number of likely N-dealkylation sites (N-methyl/N-ethyl adjacent to an activating group) is 1. The number of hydrogen-bond donors (Lipinski definition) is 2. The molecule has 0 aromatic carbocycles. The minimum atomic E-state index is -3.41. The lowest BCUT2D eigenvalue weighted by molar-refractivity contribution is 0.236. The third-order valence-electron chi connectivity index (χ3n) is 4.70. The summed E-state index contributed by atoms with van der Waals surface area (Å²) in [5, 5.41) is 3.11. The van der Waals surface area contributed by atoms with Gasteiger partial charge in [-0.2, -0.15) is 17.4 Å². The number of nitrogens with zero attached hydrogens (tertiary/aromatic N) is 1. The molecular formula is C14H31N3O2S. The molecule has 2 N–H and O–H groups in total. The van der Waals surface area contributed by atoms with Crippen LogP contribution in [0, 0.1) is 0 Å². The van der Waals surface area contributed by atoms with Crippen molar-refractivity contribution >= 4 is 10.2 Å². The Morgan fingerprint density at radius 2 is 1.75 bits per heavy atom. The normalized spacial score (nSPS) is 22.1. The lowest BCUT2D eigenvalue weighted by Gasteiger charge is -2.39. The first-order valence-corrected chi connectivity index (χ1v) is 9.34. The Morgan fingerprint density at radius 3 is 2.25 bits per heavy atom. The van der Waals surface area contributed by atoms with Gasteiger partial charge in [-0.05, 0) is 39.2 Å². The summed E-state index contributed by atoms with van der Waals surface area (Å²) < 4.78 is 30.2. The third-order valence-corrected chi connectivity index (χ3v) is 6.49. The summed E-state index contributed by atoms with van der Waals surface area (Å²) >= 11 is 0. The monoisotopic (exact) mass is 305 g/mol. The molecule has 1 unspecified atom stereocenters. The zero-order valence-electron chi connectivity index (χ0n) is 13.4. The van der Waals surface area contributed by atoms with Crippen molar-refractivity contribution in [2.24, 2.45) is 0 Å². The molecule has 1 fully saturated rings. The minimum Gasteiger partial charge on any atom is -0.318 e. The summed E-state index contributed by atoms with van der Waals surface area (Å²) in [6.07, 6.45) is 5.48. The first-order valence-electron chi connectivity index (χ1n) is 7.90. The van der Waals surface area contributed by atoms with E-state index < -0.39 is 10.2 Å². The van der Waals surface area contributed by atoms with Crippen LogP contribution in [0.3, 0.4) is 0 Å². The molecule has 0 spiro atoms. The quantitative estimate of drug-likeness (QED) is 0.719. The zero-order valence-corrected chi connectivity index (χ0v) is 14.2. The predicted molar refractivity (Wildman–Crippen MR) is 83.9 cm³/mol. The van der Waals surface area contributed by atoms with Crippen LogP contribution in [-0.2, 0) is 10.2 Å². The van der Waals surface area contributed by atoms with E-state index in [0.717, 1.165) is 45.1 Å². The van der Waals surface area contributed by atoms with Crippen molar-refractivity contribution < 1.29 is 8.42 Å². The number of piperidine rings is 1. The molecule has 0 aliphatic carbocycles. The largest absolute Gasteiger partial charge is 0.318 e. The van der Waals surface area contributed by atoms with Gasteiger partial charge in [-0.15, -0.1) is 0 Å². The number of hydrogen-bond acceptors (Lipinski definition) is 3. The van der Waals surface area contributed by atoms with Crippen LogP contribution in [0.2, 0.25) is 0 Å². The summed E-state index contributed by atoms with van der Waals surface area (Å²) in [5.41, 5.74) is -0.305. The molecule has 20 heavy (non-hydrogen) atoms. The highest BCUT2D eigenvalue weighted by Gasteiger charge is 2.37. The molecule has 1 aliphatic heterocycles. The lowest BCUT2D eigenvalue weighted by atomic mass is 9.91. The van der Waals surface area contributed by atoms with E-state index in [1.807, 2.05) is 7.05 Å². The van der Waals surface area contributed by atoms with Gasteiger partial charge in [0.05, 0.1) is 0 Å². The van der Waals surface area contributed by atoms with E-state index in [4.69, 9.17) is 0 Å². The van der Waals surface area contributed by atoms with Crippen molar-refractivity contribution in [2.45, 2.75) is 70.9 Å². The van der Waals surface area contributed by atoms with Crippen molar-refractivity contribution in [1.82, 2.24) is 14.3 Å². The second-order valence-electron chi connectivity index (χ2n) is 5.77. The molecule has 120 valence electrons. The van der Waals surface area contributed by atoms with Gasteiger partial charge in [0.1, 0.15) is 0 Å². The molecule has 1 atom stereocenters. The molecule has 1 rings (SSSR count). The Morgan fingerprint density at radius 1 is 1.15 bits per heavy atom. The van der Waals surface area contributed by atoms with Crippen LogP contribution in [-0.4, -0.2) is 44.4 Å². The third kappa shape index (κ3) is 4.16. The zero-order chi connectivity index (χ0) is 15.2. The van der Waals surface area contributed by atoms with Gasteiger partial charge in [-0.3, -0.25) is 0 Å². The maximum atomic E-state index is 12.8. The second-order valence-corrected chi connectivity index (χ2v) is 7.39. The van der Waals surface area contributed by atoms with E-state index in [-0.39, 0.29) is 11.6 Å². The van der Waals surface area contributed by atoms with Gasteiger partial charge < -0.3 is 5.32 Å². The molecule has 0 aromatic rings. The minimum absolute atomic E-state index is 0.0783. The maximum absolute atomic E-state index is 12.8. The van der Waals surface area contributed by atoms with Crippen LogP contribution in [0.4, 0.5) is 0 Å². The Kier molecular flexibility index (Phi) is 6.91. The van der Waals surface area contributed by atoms with Crippen LogP contribution in [0.5, 0.6) is 0 Å². The molecule has 1 aliphatic rings. The Bertz CT molecular complexity index is 370. The number of rotatable bonds is 8. The van der Waals surface area contributed by atoms with Gasteiger partial charge in [0, 0.05) is 24.7 Å². The summed E-state index contributed by atoms with van der Waals surface area (Å²) in [5.74, 6) is 0. The molecule has 0 saturated carbocycles. The van der Waals surface area contributed by atoms with Gasteiger partial charge in [0.15, 0.2) is 0 Å². The Balaban J connectivity index is 2.90. The van der Waals surface area contributed by atoms with E-state index in [1.54, 1.807) is 4.31 Å². The topological polar surface area (TPSA) is 61.4 Å². The van der Waals surface area contributed by atoms with Crippen LogP contribution in [0.25, 0.3) is 0 Å². The molecular weight excluding hydrogens is 274 g/mol. The van der Waals surface area contributed by atoms with E-state index in [1.165, 1.54) is 0 Å².